The highest BCUT2D eigenvalue weighted by Crippen LogP contribution is 2.26. The molecule has 0 bridgehead atoms. The minimum atomic E-state index is 0.577. The van der Waals surface area contributed by atoms with Gasteiger partial charge in [0, 0.05) is 19.1 Å². The summed E-state index contributed by atoms with van der Waals surface area (Å²) >= 11 is 0. The van der Waals surface area contributed by atoms with Crippen LogP contribution >= 0.6 is 0 Å². The first-order chi connectivity index (χ1) is 8.45. The second-order valence-electron chi connectivity index (χ2n) is 4.94. The van der Waals surface area contributed by atoms with Gasteiger partial charge in [0.1, 0.15) is 0 Å². The molecular weight excluding hydrogens is 208 g/mol. The zero-order valence-corrected chi connectivity index (χ0v) is 10.2. The third kappa shape index (κ3) is 2.28. The Bertz CT molecular complexity index is 391. The number of nitrogens with zero attached hydrogens (tertiary/aromatic N) is 1. The minimum Gasteiger partial charge on any atom is -0.311 e. The molecule has 17 heavy (non-hydrogen) atoms. The molecule has 0 aromatic heterocycles. The number of hydrogen-bond donors (Lipinski definition) is 1. The van der Waals surface area contributed by atoms with Crippen molar-refractivity contribution in [3.63, 3.8) is 0 Å². The maximum Gasteiger partial charge on any atom is 0.0476 e. The summed E-state index contributed by atoms with van der Waals surface area (Å²) in [6, 6.07) is 11.4. The van der Waals surface area contributed by atoms with E-state index in [4.69, 9.17) is 0 Å². The number of nitrogens with one attached hydrogen (secondary N) is 1. The van der Waals surface area contributed by atoms with Crippen molar-refractivity contribution in [2.75, 3.05) is 26.2 Å². The van der Waals surface area contributed by atoms with E-state index in [1.165, 1.54) is 37.1 Å². The van der Waals surface area contributed by atoms with E-state index >= 15 is 0 Å². The lowest BCUT2D eigenvalue weighted by molar-refractivity contribution is 0.281. The fourth-order valence-electron chi connectivity index (χ4n) is 2.97. The second kappa shape index (κ2) is 5.03. The van der Waals surface area contributed by atoms with Gasteiger partial charge >= 0.3 is 0 Å². The lowest BCUT2D eigenvalue weighted by atomic mass is 9.95. The molecule has 0 spiro atoms. The van der Waals surface area contributed by atoms with Crippen LogP contribution < -0.4 is 5.32 Å². The Labute approximate surface area is 103 Å². The molecule has 90 valence electrons. The molecule has 2 heterocycles. The smallest absolute Gasteiger partial charge is 0.0476 e. The predicted molar refractivity (Wildman–Crippen MR) is 71.9 cm³/mol. The molecule has 1 fully saturated rings. The van der Waals surface area contributed by atoms with Crippen LogP contribution in [0.3, 0.4) is 0 Å². The van der Waals surface area contributed by atoms with Gasteiger partial charge in [0.2, 0.25) is 0 Å². The molecule has 1 aromatic carbocycles. The average Bonchev–Trinajstić information content (AvgIpc) is 2.94. The number of benzene rings is 1. The van der Waals surface area contributed by atoms with E-state index in [-0.39, 0.29) is 0 Å². The molecule has 1 atom stereocenters. The summed E-state index contributed by atoms with van der Waals surface area (Å²) in [5.41, 5.74) is 2.91. The van der Waals surface area contributed by atoms with Gasteiger partial charge in [-0.25, -0.2) is 0 Å². The highest BCUT2D eigenvalue weighted by atomic mass is 15.2. The van der Waals surface area contributed by atoms with Crippen LogP contribution in [-0.4, -0.2) is 37.1 Å². The van der Waals surface area contributed by atoms with Gasteiger partial charge in [-0.1, -0.05) is 36.4 Å². The van der Waals surface area contributed by atoms with Crippen LogP contribution in [0.5, 0.6) is 0 Å². The molecule has 1 saturated heterocycles. The molecule has 0 saturated carbocycles. The van der Waals surface area contributed by atoms with Crippen LogP contribution in [-0.2, 0) is 0 Å². The number of rotatable bonds is 2. The molecule has 2 nitrogen and oxygen atoms in total. The molecule has 1 N–H and O–H groups in total. The van der Waals surface area contributed by atoms with Gasteiger partial charge in [-0.3, -0.25) is 4.90 Å². The van der Waals surface area contributed by atoms with Crippen molar-refractivity contribution in [3.8, 4) is 0 Å². The Morgan fingerprint density at radius 2 is 1.82 bits per heavy atom. The summed E-state index contributed by atoms with van der Waals surface area (Å²) in [4.78, 5) is 2.63. The summed E-state index contributed by atoms with van der Waals surface area (Å²) < 4.78 is 0. The summed E-state index contributed by atoms with van der Waals surface area (Å²) in [7, 11) is 0. The van der Waals surface area contributed by atoms with E-state index in [1.54, 1.807) is 0 Å². The highest BCUT2D eigenvalue weighted by Gasteiger charge is 2.27. The van der Waals surface area contributed by atoms with Crippen LogP contribution in [0.25, 0.3) is 5.57 Å². The standard InChI is InChI=1S/C15H20N2/c1-2-6-13(7-3-1)14-8-9-16-12-15(14)17-10-4-5-11-17/h1-3,6-8,15-16H,4-5,9-12H2. The summed E-state index contributed by atoms with van der Waals surface area (Å²) in [6.07, 6.45) is 5.08. The topological polar surface area (TPSA) is 15.3 Å². The van der Waals surface area contributed by atoms with Crippen LogP contribution in [0, 0.1) is 0 Å². The van der Waals surface area contributed by atoms with Gasteiger partial charge in [-0.15, -0.1) is 0 Å². The second-order valence-corrected chi connectivity index (χ2v) is 4.94. The Balaban J connectivity index is 1.87. The molecule has 3 rings (SSSR count). The van der Waals surface area contributed by atoms with Crippen LogP contribution in [0.2, 0.25) is 0 Å². The molecule has 1 aromatic rings. The number of hydrogen-bond acceptors (Lipinski definition) is 2. The zero-order chi connectivity index (χ0) is 11.5. The van der Waals surface area contributed by atoms with Crippen molar-refractivity contribution in [2.45, 2.75) is 18.9 Å². The maximum atomic E-state index is 3.49. The zero-order valence-electron chi connectivity index (χ0n) is 10.2. The monoisotopic (exact) mass is 228 g/mol. The first kappa shape index (κ1) is 11.0. The molecule has 1 unspecified atom stereocenters. The third-order valence-corrected chi connectivity index (χ3v) is 3.85. The molecular formula is C15H20N2. The van der Waals surface area contributed by atoms with Crippen molar-refractivity contribution in [1.82, 2.24) is 10.2 Å². The summed E-state index contributed by atoms with van der Waals surface area (Å²) in [6.45, 7) is 4.63. The molecule has 2 heteroatoms. The summed E-state index contributed by atoms with van der Waals surface area (Å²) in [5.74, 6) is 0. The fraction of sp³-hybridized carbons (Fsp3) is 0.467. The van der Waals surface area contributed by atoms with Crippen LogP contribution in [0.15, 0.2) is 36.4 Å². The maximum absolute atomic E-state index is 3.49. The summed E-state index contributed by atoms with van der Waals surface area (Å²) in [5, 5.41) is 3.49. The molecule has 0 aliphatic carbocycles. The Morgan fingerprint density at radius 1 is 1.06 bits per heavy atom. The average molecular weight is 228 g/mol. The molecule has 2 aliphatic heterocycles. The van der Waals surface area contributed by atoms with Gasteiger partial charge in [0.05, 0.1) is 0 Å². The largest absolute Gasteiger partial charge is 0.311 e. The van der Waals surface area contributed by atoms with E-state index in [0.717, 1.165) is 13.1 Å². The van der Waals surface area contributed by atoms with Crippen molar-refractivity contribution in [2.24, 2.45) is 0 Å². The van der Waals surface area contributed by atoms with Gasteiger partial charge in [-0.05, 0) is 37.1 Å². The van der Waals surface area contributed by atoms with Crippen molar-refractivity contribution >= 4 is 5.57 Å². The van der Waals surface area contributed by atoms with Gasteiger partial charge in [-0.2, -0.15) is 0 Å². The van der Waals surface area contributed by atoms with E-state index in [2.05, 4.69) is 46.6 Å². The van der Waals surface area contributed by atoms with Gasteiger partial charge < -0.3 is 5.32 Å². The van der Waals surface area contributed by atoms with Gasteiger partial charge in [0.25, 0.3) is 0 Å². The molecule has 0 amide bonds. The SMILES string of the molecule is C1=C(c2ccccc2)C(N2CCCC2)CNC1. The van der Waals surface area contributed by atoms with Crippen LogP contribution in [0.4, 0.5) is 0 Å². The van der Waals surface area contributed by atoms with Crippen molar-refractivity contribution in [3.05, 3.63) is 42.0 Å². The van der Waals surface area contributed by atoms with E-state index in [1.807, 2.05) is 0 Å². The third-order valence-electron chi connectivity index (χ3n) is 3.85. The fourth-order valence-corrected chi connectivity index (χ4v) is 2.97. The first-order valence-corrected chi connectivity index (χ1v) is 6.65. The number of likely N-dealkylation sites (tertiary alicyclic amines) is 1. The first-order valence-electron chi connectivity index (χ1n) is 6.65. The predicted octanol–water partition coefficient (Wildman–Crippen LogP) is 2.14. The minimum absolute atomic E-state index is 0.577. The Hall–Kier alpha value is -1.12. The lowest BCUT2D eigenvalue weighted by Gasteiger charge is -2.33. The van der Waals surface area contributed by atoms with Crippen molar-refractivity contribution < 1.29 is 0 Å². The van der Waals surface area contributed by atoms with Crippen LogP contribution in [0.1, 0.15) is 18.4 Å². The van der Waals surface area contributed by atoms with E-state index < -0.39 is 0 Å². The lowest BCUT2D eigenvalue weighted by Crippen LogP contribution is -2.44. The van der Waals surface area contributed by atoms with Gasteiger partial charge in [0.15, 0.2) is 0 Å². The molecule has 2 aliphatic rings. The van der Waals surface area contributed by atoms with E-state index in [9.17, 15) is 0 Å². The molecule has 0 radical (unpaired) electrons. The van der Waals surface area contributed by atoms with E-state index in [0.29, 0.717) is 6.04 Å². The Kier molecular flexibility index (Phi) is 3.25. The van der Waals surface area contributed by atoms with Crippen molar-refractivity contribution in [1.29, 1.82) is 0 Å². The quantitative estimate of drug-likeness (QED) is 0.834. The highest BCUT2D eigenvalue weighted by molar-refractivity contribution is 5.70. The Morgan fingerprint density at radius 3 is 2.59 bits per heavy atom. The normalized spacial score (nSPS) is 25.9.